The number of carbonyl (C=O) groups excluding carboxylic acids is 1. The van der Waals surface area contributed by atoms with Gasteiger partial charge in [-0.05, 0) is 55.7 Å². The summed E-state index contributed by atoms with van der Waals surface area (Å²) in [6, 6.07) is 11.5. The Labute approximate surface area is 157 Å². The predicted molar refractivity (Wildman–Crippen MR) is 105 cm³/mol. The molecule has 1 heterocycles. The summed E-state index contributed by atoms with van der Waals surface area (Å²) in [5, 5.41) is 6.58. The van der Waals surface area contributed by atoms with E-state index >= 15 is 0 Å². The van der Waals surface area contributed by atoms with Crippen molar-refractivity contribution < 1.29 is 4.79 Å². The molecule has 6 heteroatoms. The smallest absolute Gasteiger partial charge is 0.275 e. The average Bonchev–Trinajstić information content (AvgIpc) is 2.62. The van der Waals surface area contributed by atoms with Crippen molar-refractivity contribution in [3.8, 4) is 0 Å². The lowest BCUT2D eigenvalue weighted by atomic mass is 10.1. The fraction of sp³-hybridized carbons (Fsp3) is 0.150. The first-order valence-corrected chi connectivity index (χ1v) is 8.54. The second-order valence-electron chi connectivity index (χ2n) is 6.15. The standard InChI is InChI=1S/C20H19ClN4O/c1-12-4-5-14(3)17(8-12)25-19-11-22-18(10-23-19)20(26)24-15-7-6-13(2)16(21)9-15/h4-11H,1-3H3,(H,23,25)(H,24,26). The Balaban J connectivity index is 1.71. The molecule has 3 aromatic rings. The number of halogens is 1. The second-order valence-corrected chi connectivity index (χ2v) is 6.56. The zero-order chi connectivity index (χ0) is 18.7. The van der Waals surface area contributed by atoms with Gasteiger partial charge in [0, 0.05) is 16.4 Å². The molecule has 132 valence electrons. The van der Waals surface area contributed by atoms with Gasteiger partial charge < -0.3 is 10.6 Å². The van der Waals surface area contributed by atoms with E-state index in [1.54, 1.807) is 18.3 Å². The van der Waals surface area contributed by atoms with Crippen molar-refractivity contribution in [1.29, 1.82) is 0 Å². The summed E-state index contributed by atoms with van der Waals surface area (Å²) >= 11 is 6.08. The molecule has 3 rings (SSSR count). The molecule has 1 amide bonds. The number of amides is 1. The lowest BCUT2D eigenvalue weighted by Gasteiger charge is -2.10. The van der Waals surface area contributed by atoms with Crippen molar-refractivity contribution in [1.82, 2.24) is 9.97 Å². The Morgan fingerprint density at radius 3 is 2.42 bits per heavy atom. The molecule has 0 saturated heterocycles. The van der Waals surface area contributed by atoms with Gasteiger partial charge in [-0.1, -0.05) is 29.8 Å². The first-order chi connectivity index (χ1) is 12.4. The molecule has 2 N–H and O–H groups in total. The molecular weight excluding hydrogens is 348 g/mol. The largest absolute Gasteiger partial charge is 0.339 e. The van der Waals surface area contributed by atoms with Crippen molar-refractivity contribution in [3.63, 3.8) is 0 Å². The van der Waals surface area contributed by atoms with Crippen molar-refractivity contribution in [2.45, 2.75) is 20.8 Å². The highest BCUT2D eigenvalue weighted by Crippen LogP contribution is 2.21. The molecule has 0 spiro atoms. The van der Waals surface area contributed by atoms with Gasteiger partial charge in [0.05, 0.1) is 12.4 Å². The normalized spacial score (nSPS) is 10.5. The number of hydrogen-bond acceptors (Lipinski definition) is 4. The third-order valence-corrected chi connectivity index (χ3v) is 4.38. The molecule has 0 atom stereocenters. The number of aryl methyl sites for hydroxylation is 3. The highest BCUT2D eigenvalue weighted by Gasteiger charge is 2.10. The minimum Gasteiger partial charge on any atom is -0.339 e. The maximum Gasteiger partial charge on any atom is 0.275 e. The van der Waals surface area contributed by atoms with Gasteiger partial charge in [-0.2, -0.15) is 0 Å². The molecule has 26 heavy (non-hydrogen) atoms. The number of rotatable bonds is 4. The Morgan fingerprint density at radius 1 is 0.962 bits per heavy atom. The van der Waals surface area contributed by atoms with Gasteiger partial charge in [0.1, 0.15) is 11.5 Å². The van der Waals surface area contributed by atoms with Crippen LogP contribution in [0.15, 0.2) is 48.8 Å². The van der Waals surface area contributed by atoms with E-state index in [0.29, 0.717) is 16.5 Å². The van der Waals surface area contributed by atoms with E-state index in [1.807, 2.05) is 39.0 Å². The molecular formula is C20H19ClN4O. The van der Waals surface area contributed by atoms with Crippen molar-refractivity contribution in [2.75, 3.05) is 10.6 Å². The van der Waals surface area contributed by atoms with Crippen LogP contribution in [0.1, 0.15) is 27.2 Å². The van der Waals surface area contributed by atoms with Crippen LogP contribution in [-0.2, 0) is 0 Å². The van der Waals surface area contributed by atoms with E-state index < -0.39 is 0 Å². The minimum absolute atomic E-state index is 0.230. The van der Waals surface area contributed by atoms with E-state index in [2.05, 4.69) is 26.7 Å². The second kappa shape index (κ2) is 7.54. The summed E-state index contributed by atoms with van der Waals surface area (Å²) in [6.07, 6.45) is 2.98. The van der Waals surface area contributed by atoms with Crippen LogP contribution in [-0.4, -0.2) is 15.9 Å². The number of carbonyl (C=O) groups is 1. The van der Waals surface area contributed by atoms with Gasteiger partial charge in [-0.25, -0.2) is 9.97 Å². The molecule has 0 bridgehead atoms. The van der Waals surface area contributed by atoms with E-state index in [0.717, 1.165) is 22.4 Å². The summed E-state index contributed by atoms with van der Waals surface area (Å²) in [6.45, 7) is 5.95. The zero-order valence-electron chi connectivity index (χ0n) is 14.8. The summed E-state index contributed by atoms with van der Waals surface area (Å²) < 4.78 is 0. The summed E-state index contributed by atoms with van der Waals surface area (Å²) in [7, 11) is 0. The molecule has 0 radical (unpaired) electrons. The monoisotopic (exact) mass is 366 g/mol. The van der Waals surface area contributed by atoms with Crippen molar-refractivity contribution >= 4 is 34.7 Å². The molecule has 0 saturated carbocycles. The predicted octanol–water partition coefficient (Wildman–Crippen LogP) is 5.05. The molecule has 5 nitrogen and oxygen atoms in total. The minimum atomic E-state index is -0.337. The summed E-state index contributed by atoms with van der Waals surface area (Å²) in [4.78, 5) is 20.8. The number of aromatic nitrogens is 2. The molecule has 1 aromatic heterocycles. The van der Waals surface area contributed by atoms with Crippen LogP contribution in [0.25, 0.3) is 0 Å². The summed E-state index contributed by atoms with van der Waals surface area (Å²) in [5.41, 5.74) is 5.02. The Bertz CT molecular complexity index is 955. The van der Waals surface area contributed by atoms with Crippen LogP contribution >= 0.6 is 11.6 Å². The van der Waals surface area contributed by atoms with Crippen molar-refractivity contribution in [2.24, 2.45) is 0 Å². The van der Waals surface area contributed by atoms with Gasteiger partial charge in [0.15, 0.2) is 0 Å². The van der Waals surface area contributed by atoms with Crippen molar-refractivity contribution in [3.05, 3.63) is 76.2 Å². The quantitative estimate of drug-likeness (QED) is 0.678. The Hall–Kier alpha value is -2.92. The average molecular weight is 367 g/mol. The number of benzene rings is 2. The lowest BCUT2D eigenvalue weighted by Crippen LogP contribution is -2.14. The van der Waals surface area contributed by atoms with Crippen LogP contribution in [0, 0.1) is 20.8 Å². The molecule has 0 unspecified atom stereocenters. The number of nitrogens with zero attached hydrogens (tertiary/aromatic N) is 2. The van der Waals surface area contributed by atoms with Gasteiger partial charge in [0.2, 0.25) is 0 Å². The maximum absolute atomic E-state index is 12.3. The lowest BCUT2D eigenvalue weighted by molar-refractivity contribution is 0.102. The van der Waals surface area contributed by atoms with Gasteiger partial charge in [-0.3, -0.25) is 4.79 Å². The fourth-order valence-corrected chi connectivity index (χ4v) is 2.56. The van der Waals surface area contributed by atoms with Crippen LogP contribution in [0.5, 0.6) is 0 Å². The number of nitrogens with one attached hydrogen (secondary N) is 2. The van der Waals surface area contributed by atoms with E-state index in [4.69, 9.17) is 11.6 Å². The maximum atomic E-state index is 12.3. The van der Waals surface area contributed by atoms with E-state index in [1.165, 1.54) is 6.20 Å². The van der Waals surface area contributed by atoms with E-state index in [9.17, 15) is 4.79 Å². The van der Waals surface area contributed by atoms with Crippen LogP contribution in [0.4, 0.5) is 17.2 Å². The van der Waals surface area contributed by atoms with Gasteiger partial charge in [0.25, 0.3) is 5.91 Å². The molecule has 0 aliphatic rings. The molecule has 0 aliphatic carbocycles. The Morgan fingerprint density at radius 2 is 1.73 bits per heavy atom. The number of anilines is 3. The zero-order valence-corrected chi connectivity index (χ0v) is 15.6. The fourth-order valence-electron chi connectivity index (χ4n) is 2.38. The van der Waals surface area contributed by atoms with Crippen LogP contribution in [0.3, 0.4) is 0 Å². The van der Waals surface area contributed by atoms with E-state index in [-0.39, 0.29) is 11.6 Å². The number of hydrogen-bond donors (Lipinski definition) is 2. The third-order valence-electron chi connectivity index (χ3n) is 3.97. The highest BCUT2D eigenvalue weighted by atomic mass is 35.5. The van der Waals surface area contributed by atoms with Gasteiger partial charge in [-0.15, -0.1) is 0 Å². The first kappa shape index (κ1) is 17.9. The van der Waals surface area contributed by atoms with Crippen LogP contribution in [0.2, 0.25) is 5.02 Å². The molecule has 0 fully saturated rings. The highest BCUT2D eigenvalue weighted by molar-refractivity contribution is 6.31. The van der Waals surface area contributed by atoms with Crippen LogP contribution < -0.4 is 10.6 Å². The van der Waals surface area contributed by atoms with Gasteiger partial charge >= 0.3 is 0 Å². The molecule has 0 aliphatic heterocycles. The molecule has 2 aromatic carbocycles. The Kier molecular flexibility index (Phi) is 5.19. The summed E-state index contributed by atoms with van der Waals surface area (Å²) in [5.74, 6) is 0.240. The topological polar surface area (TPSA) is 66.9 Å². The third kappa shape index (κ3) is 4.18. The first-order valence-electron chi connectivity index (χ1n) is 8.16. The SMILES string of the molecule is Cc1ccc(C)c(Nc2cnc(C(=O)Nc3ccc(C)c(Cl)c3)cn2)c1.